The summed E-state index contributed by atoms with van der Waals surface area (Å²) in [5.74, 6) is -0.143. The van der Waals surface area contributed by atoms with Crippen LogP contribution < -0.4 is 15.6 Å². The van der Waals surface area contributed by atoms with Gasteiger partial charge < -0.3 is 20.0 Å². The predicted octanol–water partition coefficient (Wildman–Crippen LogP) is 3.57. The largest absolute Gasteiger partial charge is 0.481 e. The van der Waals surface area contributed by atoms with Crippen molar-refractivity contribution in [3.05, 3.63) is 94.0 Å². The third kappa shape index (κ3) is 4.85. The van der Waals surface area contributed by atoms with E-state index >= 15 is 0 Å². The average Bonchev–Trinajstić information content (AvgIpc) is 3.15. The molecule has 32 heavy (non-hydrogen) atoms. The van der Waals surface area contributed by atoms with Gasteiger partial charge in [-0.15, -0.1) is 0 Å². The molecule has 0 radical (unpaired) electrons. The standard InChI is InChI=1S/C24H23FN4O3/c1-14(32-18-7-5-6-17(25)11-18)24(31)29-21(22-12-23(30)28-15(2)27-22)10-16-13-26-20-9-4-3-8-19(16)20/h3-9,11-14,21,26H,10H2,1-2H3,(H,29,31)(H,27,28,30)/t14-,21-/m0/s1. The number of aromatic amines is 2. The van der Waals surface area contributed by atoms with E-state index in [2.05, 4.69) is 20.3 Å². The van der Waals surface area contributed by atoms with Gasteiger partial charge in [-0.05, 0) is 37.6 Å². The van der Waals surface area contributed by atoms with Crippen LogP contribution in [0, 0.1) is 12.7 Å². The Morgan fingerprint density at radius 2 is 2.00 bits per heavy atom. The number of nitrogens with one attached hydrogen (secondary N) is 3. The molecule has 0 aliphatic rings. The van der Waals surface area contributed by atoms with Crippen LogP contribution >= 0.6 is 0 Å². The number of carbonyl (C=O) groups excluding carboxylic acids is 1. The zero-order chi connectivity index (χ0) is 22.7. The summed E-state index contributed by atoms with van der Waals surface area (Å²) in [6.07, 6.45) is 1.42. The predicted molar refractivity (Wildman–Crippen MR) is 119 cm³/mol. The number of carbonyl (C=O) groups is 1. The summed E-state index contributed by atoms with van der Waals surface area (Å²) in [5.41, 5.74) is 2.10. The van der Waals surface area contributed by atoms with Gasteiger partial charge in [0.05, 0.1) is 11.7 Å². The van der Waals surface area contributed by atoms with Crippen LogP contribution in [0.1, 0.15) is 30.0 Å². The van der Waals surface area contributed by atoms with Crippen molar-refractivity contribution >= 4 is 16.8 Å². The van der Waals surface area contributed by atoms with Crippen LogP contribution in [0.25, 0.3) is 10.9 Å². The number of hydrogen-bond donors (Lipinski definition) is 3. The molecule has 4 rings (SSSR count). The number of rotatable bonds is 7. The minimum Gasteiger partial charge on any atom is -0.481 e. The number of H-pyrrole nitrogens is 2. The number of benzene rings is 2. The summed E-state index contributed by atoms with van der Waals surface area (Å²) in [6.45, 7) is 3.27. The summed E-state index contributed by atoms with van der Waals surface area (Å²) in [4.78, 5) is 35.2. The van der Waals surface area contributed by atoms with E-state index in [1.165, 1.54) is 24.3 Å². The molecule has 0 aliphatic heterocycles. The minimum atomic E-state index is -0.884. The molecule has 0 spiro atoms. The van der Waals surface area contributed by atoms with Crippen LogP contribution in [-0.4, -0.2) is 27.0 Å². The molecular weight excluding hydrogens is 411 g/mol. The number of halogens is 1. The first kappa shape index (κ1) is 21.3. The monoisotopic (exact) mass is 434 g/mol. The molecule has 164 valence electrons. The van der Waals surface area contributed by atoms with Gasteiger partial charge in [0.1, 0.15) is 17.4 Å². The van der Waals surface area contributed by atoms with Crippen LogP contribution in [0.2, 0.25) is 0 Å². The number of nitrogens with zero attached hydrogens (tertiary/aromatic N) is 1. The SMILES string of the molecule is Cc1nc([C@H](Cc2c[nH]c3ccccc23)NC(=O)[C@H](C)Oc2cccc(F)c2)cc(=O)[nH]1. The Hall–Kier alpha value is -3.94. The number of ether oxygens (including phenoxy) is 1. The molecular formula is C24H23FN4O3. The van der Waals surface area contributed by atoms with E-state index in [4.69, 9.17) is 4.74 Å². The molecule has 8 heteroatoms. The Bertz CT molecular complexity index is 1310. The zero-order valence-corrected chi connectivity index (χ0v) is 17.7. The third-order valence-corrected chi connectivity index (χ3v) is 5.13. The van der Waals surface area contributed by atoms with E-state index in [1.807, 2.05) is 30.5 Å². The molecule has 2 aromatic heterocycles. The summed E-state index contributed by atoms with van der Waals surface area (Å²) in [7, 11) is 0. The molecule has 2 aromatic carbocycles. The van der Waals surface area contributed by atoms with Gasteiger partial charge in [-0.1, -0.05) is 24.3 Å². The van der Waals surface area contributed by atoms with Crippen molar-refractivity contribution in [2.24, 2.45) is 0 Å². The minimum absolute atomic E-state index is 0.256. The third-order valence-electron chi connectivity index (χ3n) is 5.13. The molecule has 0 saturated carbocycles. The first-order valence-electron chi connectivity index (χ1n) is 10.2. The van der Waals surface area contributed by atoms with Crippen LogP contribution in [0.5, 0.6) is 5.75 Å². The van der Waals surface area contributed by atoms with E-state index in [-0.39, 0.29) is 11.3 Å². The van der Waals surface area contributed by atoms with Crippen molar-refractivity contribution in [1.29, 1.82) is 0 Å². The second-order valence-electron chi connectivity index (χ2n) is 7.60. The van der Waals surface area contributed by atoms with Gasteiger partial charge in [-0.2, -0.15) is 0 Å². The molecule has 0 saturated heterocycles. The number of para-hydroxylation sites is 1. The molecule has 0 unspecified atom stereocenters. The molecule has 0 fully saturated rings. The molecule has 2 heterocycles. The van der Waals surface area contributed by atoms with Gasteiger partial charge in [-0.3, -0.25) is 9.59 Å². The molecule has 0 aliphatic carbocycles. The molecule has 1 amide bonds. The highest BCUT2D eigenvalue weighted by Crippen LogP contribution is 2.24. The molecule has 7 nitrogen and oxygen atoms in total. The Morgan fingerprint density at radius 3 is 2.78 bits per heavy atom. The fourth-order valence-corrected chi connectivity index (χ4v) is 3.62. The quantitative estimate of drug-likeness (QED) is 0.414. The maximum atomic E-state index is 13.4. The summed E-state index contributed by atoms with van der Waals surface area (Å²) in [6, 6.07) is 14.3. The highest BCUT2D eigenvalue weighted by Gasteiger charge is 2.23. The summed E-state index contributed by atoms with van der Waals surface area (Å²) in [5, 5.41) is 3.96. The average molecular weight is 434 g/mol. The second kappa shape index (κ2) is 9.05. The molecule has 2 atom stereocenters. The number of amides is 1. The molecule has 4 aromatic rings. The number of hydrogen-bond acceptors (Lipinski definition) is 4. The molecule has 3 N–H and O–H groups in total. The van der Waals surface area contributed by atoms with E-state index < -0.39 is 23.9 Å². The highest BCUT2D eigenvalue weighted by atomic mass is 19.1. The fraction of sp³-hybridized carbons (Fsp3) is 0.208. The van der Waals surface area contributed by atoms with Crippen LogP contribution in [-0.2, 0) is 11.2 Å². The Labute approximate surface area is 183 Å². The molecule has 0 bridgehead atoms. The lowest BCUT2D eigenvalue weighted by Gasteiger charge is -2.21. The van der Waals surface area contributed by atoms with Crippen molar-refractivity contribution in [2.45, 2.75) is 32.4 Å². The smallest absolute Gasteiger partial charge is 0.261 e. The van der Waals surface area contributed by atoms with Gasteiger partial charge in [0.15, 0.2) is 6.10 Å². The van der Waals surface area contributed by atoms with Crippen molar-refractivity contribution in [3.8, 4) is 5.75 Å². The number of aromatic nitrogens is 3. The van der Waals surface area contributed by atoms with Gasteiger partial charge in [-0.25, -0.2) is 9.37 Å². The van der Waals surface area contributed by atoms with E-state index in [1.54, 1.807) is 19.9 Å². The Balaban J connectivity index is 1.60. The van der Waals surface area contributed by atoms with Crippen molar-refractivity contribution < 1.29 is 13.9 Å². The van der Waals surface area contributed by atoms with E-state index in [0.717, 1.165) is 16.5 Å². The van der Waals surface area contributed by atoms with Gasteiger partial charge >= 0.3 is 0 Å². The lowest BCUT2D eigenvalue weighted by atomic mass is 10.0. The Kier molecular flexibility index (Phi) is 6.02. The lowest BCUT2D eigenvalue weighted by Crippen LogP contribution is -2.40. The number of fused-ring (bicyclic) bond motifs is 1. The number of aryl methyl sites for hydroxylation is 1. The first-order valence-corrected chi connectivity index (χ1v) is 10.2. The summed E-state index contributed by atoms with van der Waals surface area (Å²) >= 11 is 0. The zero-order valence-electron chi connectivity index (χ0n) is 17.7. The van der Waals surface area contributed by atoms with Crippen LogP contribution in [0.15, 0.2) is 65.6 Å². The Morgan fingerprint density at radius 1 is 1.19 bits per heavy atom. The van der Waals surface area contributed by atoms with E-state index in [0.29, 0.717) is 17.9 Å². The first-order chi connectivity index (χ1) is 15.4. The normalized spacial score (nSPS) is 13.0. The fourth-order valence-electron chi connectivity index (χ4n) is 3.62. The van der Waals surface area contributed by atoms with Gasteiger partial charge in [0.25, 0.3) is 11.5 Å². The van der Waals surface area contributed by atoms with Crippen molar-refractivity contribution in [3.63, 3.8) is 0 Å². The summed E-state index contributed by atoms with van der Waals surface area (Å²) < 4.78 is 19.0. The van der Waals surface area contributed by atoms with Crippen molar-refractivity contribution in [2.75, 3.05) is 0 Å². The maximum Gasteiger partial charge on any atom is 0.261 e. The lowest BCUT2D eigenvalue weighted by molar-refractivity contribution is -0.128. The van der Waals surface area contributed by atoms with Gasteiger partial charge in [0.2, 0.25) is 0 Å². The van der Waals surface area contributed by atoms with Crippen LogP contribution in [0.4, 0.5) is 4.39 Å². The second-order valence-corrected chi connectivity index (χ2v) is 7.60. The van der Waals surface area contributed by atoms with Crippen LogP contribution in [0.3, 0.4) is 0 Å². The van der Waals surface area contributed by atoms with Gasteiger partial charge in [0, 0.05) is 35.7 Å². The van der Waals surface area contributed by atoms with Crippen molar-refractivity contribution in [1.82, 2.24) is 20.3 Å². The highest BCUT2D eigenvalue weighted by molar-refractivity contribution is 5.84. The van der Waals surface area contributed by atoms with E-state index in [9.17, 15) is 14.0 Å². The topological polar surface area (TPSA) is 99.9 Å². The maximum absolute atomic E-state index is 13.4.